The second kappa shape index (κ2) is 7.70. The summed E-state index contributed by atoms with van der Waals surface area (Å²) in [7, 11) is 0. The molecule has 1 unspecified atom stereocenters. The molecule has 1 aliphatic heterocycles. The van der Waals surface area contributed by atoms with Crippen molar-refractivity contribution in [2.24, 2.45) is 0 Å². The van der Waals surface area contributed by atoms with E-state index in [9.17, 15) is 10.1 Å². The molecule has 1 N–H and O–H groups in total. The van der Waals surface area contributed by atoms with Crippen molar-refractivity contribution in [3.63, 3.8) is 0 Å². The van der Waals surface area contributed by atoms with Crippen LogP contribution in [0, 0.1) is 10.1 Å². The van der Waals surface area contributed by atoms with Crippen molar-refractivity contribution in [3.8, 4) is 0 Å². The van der Waals surface area contributed by atoms with E-state index >= 15 is 0 Å². The standard InChI is InChI=1S/C17H27N3O2/c1-4-17(14-6-5-7-16(12-14)20(21)22)18-15-8-10-19(11-9-15)13(2)3/h5-7,12-13,15,17-18H,4,8-11H2,1-3H3. The van der Waals surface area contributed by atoms with Gasteiger partial charge in [-0.1, -0.05) is 19.1 Å². The first-order valence-corrected chi connectivity index (χ1v) is 8.25. The summed E-state index contributed by atoms with van der Waals surface area (Å²) in [4.78, 5) is 13.1. The van der Waals surface area contributed by atoms with Gasteiger partial charge in [0.05, 0.1) is 4.92 Å². The summed E-state index contributed by atoms with van der Waals surface area (Å²) in [6.07, 6.45) is 3.22. The zero-order valence-electron chi connectivity index (χ0n) is 13.8. The summed E-state index contributed by atoms with van der Waals surface area (Å²) in [6.45, 7) is 8.86. The number of piperidine rings is 1. The maximum Gasteiger partial charge on any atom is 0.269 e. The van der Waals surface area contributed by atoms with Gasteiger partial charge in [0.15, 0.2) is 0 Å². The van der Waals surface area contributed by atoms with Crippen LogP contribution in [0.5, 0.6) is 0 Å². The van der Waals surface area contributed by atoms with E-state index < -0.39 is 0 Å². The Morgan fingerprint density at radius 2 is 2.05 bits per heavy atom. The van der Waals surface area contributed by atoms with Gasteiger partial charge in [-0.15, -0.1) is 0 Å². The number of nitro groups is 1. The van der Waals surface area contributed by atoms with Crippen molar-refractivity contribution >= 4 is 5.69 Å². The summed E-state index contributed by atoms with van der Waals surface area (Å²) in [5.41, 5.74) is 1.19. The molecule has 0 aromatic heterocycles. The van der Waals surface area contributed by atoms with Crippen molar-refractivity contribution in [1.82, 2.24) is 10.2 Å². The van der Waals surface area contributed by atoms with Crippen LogP contribution >= 0.6 is 0 Å². The van der Waals surface area contributed by atoms with E-state index in [0.29, 0.717) is 12.1 Å². The maximum atomic E-state index is 10.9. The molecule has 122 valence electrons. The van der Waals surface area contributed by atoms with Crippen molar-refractivity contribution in [2.45, 2.75) is 58.2 Å². The van der Waals surface area contributed by atoms with E-state index in [2.05, 4.69) is 31.0 Å². The highest BCUT2D eigenvalue weighted by Gasteiger charge is 2.23. The number of nitrogens with zero attached hydrogens (tertiary/aromatic N) is 2. The Balaban J connectivity index is 1.98. The van der Waals surface area contributed by atoms with E-state index in [-0.39, 0.29) is 16.7 Å². The van der Waals surface area contributed by atoms with Crippen LogP contribution in [0.3, 0.4) is 0 Å². The molecular weight excluding hydrogens is 278 g/mol. The molecule has 1 aromatic carbocycles. The van der Waals surface area contributed by atoms with Crippen molar-refractivity contribution in [1.29, 1.82) is 0 Å². The molecule has 1 fully saturated rings. The fourth-order valence-electron chi connectivity index (χ4n) is 3.17. The largest absolute Gasteiger partial charge is 0.307 e. The second-order valence-corrected chi connectivity index (χ2v) is 6.38. The van der Waals surface area contributed by atoms with E-state index in [4.69, 9.17) is 0 Å². The van der Waals surface area contributed by atoms with Gasteiger partial charge in [-0.25, -0.2) is 0 Å². The topological polar surface area (TPSA) is 58.4 Å². The number of benzene rings is 1. The maximum absolute atomic E-state index is 10.9. The second-order valence-electron chi connectivity index (χ2n) is 6.38. The minimum atomic E-state index is -0.322. The smallest absolute Gasteiger partial charge is 0.269 e. The highest BCUT2D eigenvalue weighted by atomic mass is 16.6. The molecule has 1 aliphatic rings. The SMILES string of the molecule is CCC(NC1CCN(C(C)C)CC1)c1cccc([N+](=O)[O-])c1. The third-order valence-corrected chi connectivity index (χ3v) is 4.59. The average molecular weight is 305 g/mol. The van der Waals surface area contributed by atoms with Crippen LogP contribution in [0.15, 0.2) is 24.3 Å². The predicted octanol–water partition coefficient (Wildman–Crippen LogP) is 3.51. The lowest BCUT2D eigenvalue weighted by molar-refractivity contribution is -0.384. The van der Waals surface area contributed by atoms with Crippen molar-refractivity contribution in [2.75, 3.05) is 13.1 Å². The number of hydrogen-bond acceptors (Lipinski definition) is 4. The van der Waals surface area contributed by atoms with Crippen molar-refractivity contribution in [3.05, 3.63) is 39.9 Å². The molecule has 0 saturated carbocycles. The highest BCUT2D eigenvalue weighted by molar-refractivity contribution is 5.35. The van der Waals surface area contributed by atoms with Crippen LogP contribution in [0.25, 0.3) is 0 Å². The van der Waals surface area contributed by atoms with Gasteiger partial charge in [0, 0.05) is 30.3 Å². The molecule has 1 aromatic rings. The predicted molar refractivity (Wildman–Crippen MR) is 89.0 cm³/mol. The number of nitro benzene ring substituents is 1. The Morgan fingerprint density at radius 1 is 1.36 bits per heavy atom. The third kappa shape index (κ3) is 4.27. The number of likely N-dealkylation sites (tertiary alicyclic amines) is 1. The zero-order chi connectivity index (χ0) is 16.1. The summed E-state index contributed by atoms with van der Waals surface area (Å²) < 4.78 is 0. The summed E-state index contributed by atoms with van der Waals surface area (Å²) >= 11 is 0. The first-order chi connectivity index (χ1) is 10.5. The molecule has 5 nitrogen and oxygen atoms in total. The van der Waals surface area contributed by atoms with Crippen LogP contribution in [0.2, 0.25) is 0 Å². The molecule has 1 atom stereocenters. The summed E-state index contributed by atoms with van der Waals surface area (Å²) in [5.74, 6) is 0. The van der Waals surface area contributed by atoms with Gasteiger partial charge < -0.3 is 10.2 Å². The van der Waals surface area contributed by atoms with Gasteiger partial charge in [-0.3, -0.25) is 10.1 Å². The number of nitrogens with one attached hydrogen (secondary N) is 1. The van der Waals surface area contributed by atoms with Gasteiger partial charge in [0.1, 0.15) is 0 Å². The molecular formula is C17H27N3O2. The Hall–Kier alpha value is -1.46. The molecule has 0 bridgehead atoms. The molecule has 0 aliphatic carbocycles. The van der Waals surface area contributed by atoms with Crippen LogP contribution in [-0.4, -0.2) is 35.0 Å². The third-order valence-electron chi connectivity index (χ3n) is 4.59. The Labute approximate surface area is 132 Å². The fourth-order valence-corrected chi connectivity index (χ4v) is 3.17. The van der Waals surface area contributed by atoms with E-state index in [1.54, 1.807) is 18.2 Å². The van der Waals surface area contributed by atoms with Gasteiger partial charge in [0.2, 0.25) is 0 Å². The van der Waals surface area contributed by atoms with E-state index in [1.165, 1.54) is 0 Å². The molecule has 5 heteroatoms. The molecule has 1 saturated heterocycles. The first-order valence-electron chi connectivity index (χ1n) is 8.25. The summed E-state index contributed by atoms with van der Waals surface area (Å²) in [6, 6.07) is 8.31. The fraction of sp³-hybridized carbons (Fsp3) is 0.647. The van der Waals surface area contributed by atoms with Gasteiger partial charge >= 0.3 is 0 Å². The zero-order valence-corrected chi connectivity index (χ0v) is 13.8. The molecule has 2 rings (SSSR count). The van der Waals surface area contributed by atoms with Crippen LogP contribution in [-0.2, 0) is 0 Å². The van der Waals surface area contributed by atoms with Gasteiger partial charge in [0.25, 0.3) is 5.69 Å². The molecule has 22 heavy (non-hydrogen) atoms. The minimum absolute atomic E-state index is 0.173. The molecule has 0 radical (unpaired) electrons. The minimum Gasteiger partial charge on any atom is -0.307 e. The number of non-ortho nitro benzene ring substituents is 1. The Morgan fingerprint density at radius 3 is 2.59 bits per heavy atom. The first kappa shape index (κ1) is 16.9. The molecule has 1 heterocycles. The monoisotopic (exact) mass is 305 g/mol. The lowest BCUT2D eigenvalue weighted by atomic mass is 9.98. The normalized spacial score (nSPS) is 18.5. The van der Waals surface area contributed by atoms with Crippen LogP contribution < -0.4 is 5.32 Å². The lowest BCUT2D eigenvalue weighted by Crippen LogP contribution is -2.45. The van der Waals surface area contributed by atoms with Crippen molar-refractivity contribution < 1.29 is 4.92 Å². The van der Waals surface area contributed by atoms with Gasteiger partial charge in [-0.2, -0.15) is 0 Å². The van der Waals surface area contributed by atoms with Crippen LogP contribution in [0.1, 0.15) is 51.6 Å². The molecule has 0 amide bonds. The molecule has 0 spiro atoms. The van der Waals surface area contributed by atoms with Crippen LogP contribution in [0.4, 0.5) is 5.69 Å². The Kier molecular flexibility index (Phi) is 5.91. The van der Waals surface area contributed by atoms with E-state index in [0.717, 1.165) is 37.9 Å². The Bertz CT molecular complexity index is 496. The summed E-state index contributed by atoms with van der Waals surface area (Å²) in [5, 5.41) is 14.6. The lowest BCUT2D eigenvalue weighted by Gasteiger charge is -2.36. The highest BCUT2D eigenvalue weighted by Crippen LogP contribution is 2.24. The van der Waals surface area contributed by atoms with E-state index in [1.807, 2.05) is 6.07 Å². The average Bonchev–Trinajstić information content (AvgIpc) is 2.53. The quantitative estimate of drug-likeness (QED) is 0.645. The van der Waals surface area contributed by atoms with Gasteiger partial charge in [-0.05, 0) is 51.8 Å². The number of hydrogen-bond donors (Lipinski definition) is 1. The number of rotatable bonds is 6.